The van der Waals surface area contributed by atoms with E-state index in [9.17, 15) is 4.79 Å². The number of aryl methyl sites for hydroxylation is 2. The predicted molar refractivity (Wildman–Crippen MR) is 109 cm³/mol. The van der Waals surface area contributed by atoms with Crippen molar-refractivity contribution in [3.05, 3.63) is 32.9 Å². The number of methoxy groups -OCH3 is 1. The Hall–Kier alpha value is -1.86. The van der Waals surface area contributed by atoms with Crippen molar-refractivity contribution in [2.75, 3.05) is 19.0 Å². The summed E-state index contributed by atoms with van der Waals surface area (Å²) in [5, 5.41) is 4.94. The van der Waals surface area contributed by atoms with Crippen molar-refractivity contribution >= 4 is 34.0 Å². The number of hydrogen-bond donors (Lipinski definition) is 2. The molecular weight excluding hydrogens is 384 g/mol. The van der Waals surface area contributed by atoms with Gasteiger partial charge in [-0.05, 0) is 56.9 Å². The maximum absolute atomic E-state index is 12.0. The molecule has 6 nitrogen and oxygen atoms in total. The van der Waals surface area contributed by atoms with Gasteiger partial charge in [-0.25, -0.2) is 9.97 Å². The summed E-state index contributed by atoms with van der Waals surface area (Å²) in [7, 11) is 1.48. The highest BCUT2D eigenvalue weighted by atomic mass is 35.5. The van der Waals surface area contributed by atoms with Gasteiger partial charge in [-0.1, -0.05) is 11.6 Å². The summed E-state index contributed by atoms with van der Waals surface area (Å²) < 4.78 is 5.23. The van der Waals surface area contributed by atoms with Gasteiger partial charge in [-0.3, -0.25) is 4.79 Å². The average Bonchev–Trinajstić information content (AvgIpc) is 2.98. The number of anilines is 1. The molecule has 0 spiro atoms. The van der Waals surface area contributed by atoms with Gasteiger partial charge < -0.3 is 15.8 Å². The number of amides is 1. The highest BCUT2D eigenvalue weighted by Crippen LogP contribution is 2.42. The van der Waals surface area contributed by atoms with Gasteiger partial charge in [0.05, 0.1) is 17.8 Å². The number of primary amides is 1. The molecule has 1 amide bonds. The molecule has 2 aromatic heterocycles. The first kappa shape index (κ1) is 19.9. The van der Waals surface area contributed by atoms with E-state index in [0.717, 1.165) is 48.6 Å². The Labute approximate surface area is 168 Å². The van der Waals surface area contributed by atoms with Gasteiger partial charge >= 0.3 is 0 Å². The van der Waals surface area contributed by atoms with Crippen LogP contribution in [0.4, 0.5) is 5.13 Å². The molecule has 1 aliphatic rings. The second kappa shape index (κ2) is 8.44. The fraction of sp³-hybridized carbons (Fsp3) is 0.526. The van der Waals surface area contributed by atoms with Crippen LogP contribution in [0.2, 0.25) is 5.02 Å². The van der Waals surface area contributed by atoms with E-state index in [1.165, 1.54) is 12.0 Å². The molecule has 0 radical (unpaired) electrons. The Balaban J connectivity index is 1.66. The molecule has 0 aromatic carbocycles. The largest absolute Gasteiger partial charge is 0.480 e. The lowest BCUT2D eigenvalue weighted by atomic mass is 9.77. The molecule has 146 valence electrons. The zero-order chi connectivity index (χ0) is 19.6. The number of nitrogens with one attached hydrogen (secondary N) is 1. The van der Waals surface area contributed by atoms with Crippen molar-refractivity contribution in [1.29, 1.82) is 0 Å². The third-order valence-electron chi connectivity index (χ3n) is 5.30. The lowest BCUT2D eigenvalue weighted by Crippen LogP contribution is -2.23. The molecule has 2 heterocycles. The van der Waals surface area contributed by atoms with E-state index in [-0.39, 0.29) is 11.8 Å². The second-order valence-electron chi connectivity index (χ2n) is 7.03. The van der Waals surface area contributed by atoms with Crippen LogP contribution in [0.5, 0.6) is 5.88 Å². The van der Waals surface area contributed by atoms with Crippen LogP contribution in [-0.2, 0) is 0 Å². The highest BCUT2D eigenvalue weighted by molar-refractivity contribution is 7.15. The first-order valence-corrected chi connectivity index (χ1v) is 10.3. The molecule has 1 fully saturated rings. The summed E-state index contributed by atoms with van der Waals surface area (Å²) >= 11 is 8.09. The van der Waals surface area contributed by atoms with Crippen molar-refractivity contribution in [3.8, 4) is 5.88 Å². The molecule has 0 atom stereocenters. The third kappa shape index (κ3) is 4.35. The zero-order valence-corrected chi connectivity index (χ0v) is 17.4. The number of carbonyl (C=O) groups is 1. The number of carbonyl (C=O) groups excluding carboxylic acids is 1. The van der Waals surface area contributed by atoms with Gasteiger partial charge in [0.1, 0.15) is 5.56 Å². The van der Waals surface area contributed by atoms with Gasteiger partial charge in [0.15, 0.2) is 5.13 Å². The fourth-order valence-corrected chi connectivity index (χ4v) is 4.83. The average molecular weight is 409 g/mol. The number of pyridine rings is 1. The van der Waals surface area contributed by atoms with Gasteiger partial charge in [0.25, 0.3) is 5.91 Å². The molecule has 2 aromatic rings. The maximum atomic E-state index is 12.0. The van der Waals surface area contributed by atoms with Crippen molar-refractivity contribution in [3.63, 3.8) is 0 Å². The monoisotopic (exact) mass is 408 g/mol. The van der Waals surface area contributed by atoms with Crippen LogP contribution in [-0.4, -0.2) is 29.5 Å². The summed E-state index contributed by atoms with van der Waals surface area (Å²) in [4.78, 5) is 21.9. The van der Waals surface area contributed by atoms with Crippen molar-refractivity contribution in [2.24, 2.45) is 11.7 Å². The first-order valence-electron chi connectivity index (χ1n) is 9.10. The van der Waals surface area contributed by atoms with Crippen molar-refractivity contribution in [1.82, 2.24) is 9.97 Å². The maximum Gasteiger partial charge on any atom is 0.254 e. The van der Waals surface area contributed by atoms with E-state index in [2.05, 4.69) is 22.2 Å². The normalized spacial score (nSPS) is 19.7. The quantitative estimate of drug-likeness (QED) is 0.743. The van der Waals surface area contributed by atoms with Crippen LogP contribution < -0.4 is 15.8 Å². The summed E-state index contributed by atoms with van der Waals surface area (Å²) in [6.45, 7) is 5.03. The fourth-order valence-electron chi connectivity index (χ4n) is 3.71. The molecule has 0 aliphatic heterocycles. The summed E-state index contributed by atoms with van der Waals surface area (Å²) in [5.74, 6) is 0.471. The number of aromatic nitrogens is 2. The number of nitrogens with zero attached hydrogens (tertiary/aromatic N) is 2. The van der Waals surface area contributed by atoms with Gasteiger partial charge in [-0.15, -0.1) is 11.3 Å². The number of hydrogen-bond acceptors (Lipinski definition) is 6. The Morgan fingerprint density at radius 1 is 1.37 bits per heavy atom. The number of thiazole rings is 1. The molecule has 27 heavy (non-hydrogen) atoms. The second-order valence-corrected chi connectivity index (χ2v) is 8.64. The molecule has 0 unspecified atom stereocenters. The van der Waals surface area contributed by atoms with E-state index in [1.54, 1.807) is 17.5 Å². The van der Waals surface area contributed by atoms with Crippen LogP contribution >= 0.6 is 22.9 Å². The molecule has 8 heteroatoms. The third-order valence-corrected chi connectivity index (χ3v) is 6.63. The molecule has 1 aliphatic carbocycles. The molecule has 3 N–H and O–H groups in total. The van der Waals surface area contributed by atoms with Crippen LogP contribution in [0, 0.1) is 19.8 Å². The molecule has 0 saturated heterocycles. The van der Waals surface area contributed by atoms with E-state index in [0.29, 0.717) is 16.5 Å². The standard InChI is InChI=1S/C19H25ClN4O2S/c1-10-11(2)27-19(24-10)23-8-12-4-6-13(7-5-12)15-14(20)9-22-18(26-3)16(15)17(21)25/h9,12-13H,4-8H2,1-3H3,(H2,21,25)(H,23,24). The summed E-state index contributed by atoms with van der Waals surface area (Å²) in [6.07, 6.45) is 5.56. The Morgan fingerprint density at radius 2 is 2.07 bits per heavy atom. The minimum Gasteiger partial charge on any atom is -0.480 e. The van der Waals surface area contributed by atoms with E-state index in [1.807, 2.05) is 6.92 Å². The number of ether oxygens (including phenoxy) is 1. The van der Waals surface area contributed by atoms with E-state index in [4.69, 9.17) is 22.1 Å². The summed E-state index contributed by atoms with van der Waals surface area (Å²) in [6, 6.07) is 0. The number of nitrogens with two attached hydrogens (primary N) is 1. The Morgan fingerprint density at radius 3 is 2.63 bits per heavy atom. The van der Waals surface area contributed by atoms with E-state index >= 15 is 0 Å². The molecule has 0 bridgehead atoms. The minimum absolute atomic E-state index is 0.192. The summed E-state index contributed by atoms with van der Waals surface area (Å²) in [5.41, 5.74) is 7.78. The van der Waals surface area contributed by atoms with Gasteiger partial charge in [0.2, 0.25) is 5.88 Å². The van der Waals surface area contributed by atoms with Crippen LogP contribution in [0.3, 0.4) is 0 Å². The Bertz CT molecular complexity index is 812. The number of halogens is 1. The molecule has 1 saturated carbocycles. The molecule has 3 rings (SSSR count). The van der Waals surface area contributed by atoms with Crippen molar-refractivity contribution < 1.29 is 9.53 Å². The van der Waals surface area contributed by atoms with Crippen LogP contribution in [0.25, 0.3) is 0 Å². The SMILES string of the molecule is COc1ncc(Cl)c(C2CCC(CNc3nc(C)c(C)s3)CC2)c1C(N)=O. The Kier molecular flexibility index (Phi) is 6.22. The number of rotatable bonds is 6. The van der Waals surface area contributed by atoms with E-state index < -0.39 is 5.91 Å². The smallest absolute Gasteiger partial charge is 0.254 e. The minimum atomic E-state index is -0.546. The lowest BCUT2D eigenvalue weighted by molar-refractivity contribution is 0.0994. The van der Waals surface area contributed by atoms with Gasteiger partial charge in [0, 0.05) is 17.6 Å². The molecular formula is C19H25ClN4O2S. The predicted octanol–water partition coefficient (Wildman–Crippen LogP) is 4.30. The topological polar surface area (TPSA) is 90.1 Å². The highest BCUT2D eigenvalue weighted by Gasteiger charge is 2.29. The first-order chi connectivity index (χ1) is 12.9. The van der Waals surface area contributed by atoms with Crippen molar-refractivity contribution in [2.45, 2.75) is 45.4 Å². The van der Waals surface area contributed by atoms with Gasteiger partial charge in [-0.2, -0.15) is 0 Å². The van der Waals surface area contributed by atoms with Crippen LogP contribution in [0.1, 0.15) is 58.1 Å². The zero-order valence-electron chi connectivity index (χ0n) is 15.8. The lowest BCUT2D eigenvalue weighted by Gasteiger charge is -2.30. The van der Waals surface area contributed by atoms with Crippen LogP contribution in [0.15, 0.2) is 6.20 Å².